The van der Waals surface area contributed by atoms with Crippen LogP contribution in [0.25, 0.3) is 44.2 Å². The molecule has 6 aromatic carbocycles. The second kappa shape index (κ2) is 14.4. The molecule has 46 heavy (non-hydrogen) atoms. The second-order valence-electron chi connectivity index (χ2n) is 10.4. The molecule has 0 N–H and O–H groups in total. The van der Waals surface area contributed by atoms with Crippen molar-refractivity contribution in [1.82, 2.24) is 0 Å². The molecule has 1 heterocycles. The van der Waals surface area contributed by atoms with Gasteiger partial charge in [-0.3, -0.25) is 0 Å². The van der Waals surface area contributed by atoms with Crippen molar-refractivity contribution in [2.24, 2.45) is 0 Å². The number of benzene rings is 5. The van der Waals surface area contributed by atoms with Crippen molar-refractivity contribution in [3.63, 3.8) is 0 Å². The Balaban J connectivity index is 0.000000214. The molecule has 6 aromatic rings. The summed E-state index contributed by atoms with van der Waals surface area (Å²) < 4.78 is 79.9. The molecular formula is C36H22Cl2F6SiZr. The van der Waals surface area contributed by atoms with Gasteiger partial charge in [-0.2, -0.15) is 55.8 Å². The van der Waals surface area contributed by atoms with Gasteiger partial charge in [-0.15, -0.1) is 40.1 Å². The molecule has 0 spiro atoms. The maximum Gasteiger partial charge on any atom is 0.0920 e. The van der Waals surface area contributed by atoms with E-state index in [0.29, 0.717) is 16.5 Å². The first-order valence-electron chi connectivity index (χ1n) is 13.8. The maximum atomic E-state index is 13.3. The molecule has 0 saturated heterocycles. The average molecular weight is 759 g/mol. The summed E-state index contributed by atoms with van der Waals surface area (Å²) in [4.78, 5) is 0. The molecule has 7 rings (SSSR count). The number of fused-ring (bicyclic) bond motifs is 4. The molecule has 0 atom stereocenters. The molecule has 1 aliphatic rings. The first-order chi connectivity index (χ1) is 21.9. The van der Waals surface area contributed by atoms with E-state index in [4.69, 9.17) is 17.0 Å². The molecule has 0 saturated carbocycles. The molecule has 0 fully saturated rings. The molecule has 0 nitrogen and oxygen atoms in total. The quantitative estimate of drug-likeness (QED) is 0.0936. The van der Waals surface area contributed by atoms with E-state index in [0.717, 1.165) is 38.2 Å². The Morgan fingerprint density at radius 1 is 0.696 bits per heavy atom. The largest absolute Gasteiger partial charge is 0.184 e. The maximum absolute atomic E-state index is 13.3. The van der Waals surface area contributed by atoms with Crippen LogP contribution in [0.15, 0.2) is 115 Å². The van der Waals surface area contributed by atoms with Gasteiger partial charge in [-0.1, -0.05) is 82.5 Å². The summed E-state index contributed by atoms with van der Waals surface area (Å²) in [6.45, 7) is 1.68. The van der Waals surface area contributed by atoms with Gasteiger partial charge in [0, 0.05) is 0 Å². The SMILES string of the molecule is Cc1ccc2[cH-]c(-c3ccccc3)cc2c1-c1cc(C(F)(F)F)cc(C(F)(F)F)c1.[Cl][Zr+2][Cl].[c-]1cccc2c1[Si]c1ccccc1-2. The summed E-state index contributed by atoms with van der Waals surface area (Å²) in [6.07, 6.45) is -9.78. The van der Waals surface area contributed by atoms with Crippen LogP contribution in [0.3, 0.4) is 0 Å². The molecule has 0 amide bonds. The van der Waals surface area contributed by atoms with Crippen LogP contribution in [0.2, 0.25) is 0 Å². The van der Waals surface area contributed by atoms with Crippen LogP contribution in [-0.4, -0.2) is 9.52 Å². The summed E-state index contributed by atoms with van der Waals surface area (Å²) in [5.41, 5.74) is 2.75. The molecule has 0 aromatic heterocycles. The van der Waals surface area contributed by atoms with Crippen molar-refractivity contribution >= 4 is 47.7 Å². The monoisotopic (exact) mass is 756 g/mol. The molecule has 2 radical (unpaired) electrons. The van der Waals surface area contributed by atoms with Gasteiger partial charge in [0.15, 0.2) is 0 Å². The number of rotatable bonds is 2. The van der Waals surface area contributed by atoms with Crippen LogP contribution in [0.4, 0.5) is 26.3 Å². The molecule has 0 unspecified atom stereocenters. The van der Waals surface area contributed by atoms with E-state index in [9.17, 15) is 26.3 Å². The van der Waals surface area contributed by atoms with E-state index in [2.05, 4.69) is 42.5 Å². The predicted octanol–water partition coefficient (Wildman–Crippen LogP) is 10.7. The van der Waals surface area contributed by atoms with Gasteiger partial charge in [0.1, 0.15) is 0 Å². The normalized spacial score (nSPS) is 11.8. The Kier molecular flexibility index (Phi) is 10.7. The van der Waals surface area contributed by atoms with Crippen molar-refractivity contribution in [1.29, 1.82) is 0 Å². The van der Waals surface area contributed by atoms with Crippen molar-refractivity contribution in [3.8, 4) is 33.4 Å². The van der Waals surface area contributed by atoms with Gasteiger partial charge in [0.25, 0.3) is 0 Å². The van der Waals surface area contributed by atoms with Crippen LogP contribution in [0, 0.1) is 13.0 Å². The number of hydrogen-bond donors (Lipinski definition) is 0. The number of hydrogen-bond acceptors (Lipinski definition) is 0. The molecule has 0 bridgehead atoms. The number of alkyl halides is 6. The van der Waals surface area contributed by atoms with E-state index in [1.54, 1.807) is 19.1 Å². The zero-order valence-corrected chi connectivity index (χ0v) is 29.0. The fourth-order valence-corrected chi connectivity index (χ4v) is 6.71. The van der Waals surface area contributed by atoms with Crippen LogP contribution < -0.4 is 10.4 Å². The van der Waals surface area contributed by atoms with Gasteiger partial charge in [-0.05, 0) is 36.2 Å². The Hall–Kier alpha value is -3.03. The average Bonchev–Trinajstić information content (AvgIpc) is 3.63. The van der Waals surface area contributed by atoms with Crippen LogP contribution >= 0.6 is 17.0 Å². The van der Waals surface area contributed by atoms with Crippen molar-refractivity contribution in [2.45, 2.75) is 19.3 Å². The zero-order valence-electron chi connectivity index (χ0n) is 24.0. The minimum atomic E-state index is -4.89. The van der Waals surface area contributed by atoms with Gasteiger partial charge in [0.05, 0.1) is 20.6 Å². The third kappa shape index (κ3) is 7.74. The van der Waals surface area contributed by atoms with Crippen molar-refractivity contribution in [2.75, 3.05) is 0 Å². The Labute approximate surface area is 283 Å². The minimum absolute atomic E-state index is 0.106. The third-order valence-corrected chi connectivity index (χ3v) is 8.78. The van der Waals surface area contributed by atoms with Crippen LogP contribution in [0.1, 0.15) is 16.7 Å². The van der Waals surface area contributed by atoms with E-state index in [1.807, 2.05) is 48.5 Å². The minimum Gasteiger partial charge on any atom is -0.184 e. The molecule has 1 aliphatic heterocycles. The molecule has 10 heteroatoms. The van der Waals surface area contributed by atoms with E-state index in [1.165, 1.54) is 21.5 Å². The summed E-state index contributed by atoms with van der Waals surface area (Å²) >= 11 is -0.826. The summed E-state index contributed by atoms with van der Waals surface area (Å²) in [6, 6.07) is 36.5. The Morgan fingerprint density at radius 3 is 1.96 bits per heavy atom. The standard InChI is InChI=1S/C24H15F6.C12H7Si.2ClH.Zr/c1-14-7-8-16-9-17(15-5-3-2-4-6-15)12-21(16)22(14)18-10-19(23(25,26)27)13-20(11-18)24(28,29)30;1-3-7-11-9(5-1)10-6-2-4-8-12(10)13-11;;;/h2-13H,1H3;1-7H;2*1H;/q2*-1;;;+4/p-2. The van der Waals surface area contributed by atoms with E-state index in [-0.39, 0.29) is 11.6 Å². The summed E-state index contributed by atoms with van der Waals surface area (Å²) in [5, 5.41) is 4.19. The number of halogens is 8. The Bertz CT molecular complexity index is 1890. The summed E-state index contributed by atoms with van der Waals surface area (Å²) in [5.74, 6) is 0. The first kappa shape index (κ1) is 34.3. The molecule has 230 valence electrons. The number of aryl methyl sites for hydroxylation is 1. The van der Waals surface area contributed by atoms with Crippen molar-refractivity contribution < 1.29 is 47.2 Å². The Morgan fingerprint density at radius 2 is 1.30 bits per heavy atom. The van der Waals surface area contributed by atoms with Crippen LogP contribution in [-0.2, 0) is 33.2 Å². The van der Waals surface area contributed by atoms with E-state index >= 15 is 0 Å². The first-order valence-corrected chi connectivity index (χ1v) is 21.1. The van der Waals surface area contributed by atoms with Crippen LogP contribution in [0.5, 0.6) is 0 Å². The van der Waals surface area contributed by atoms with Crippen molar-refractivity contribution in [3.05, 3.63) is 138 Å². The van der Waals surface area contributed by atoms with Gasteiger partial charge in [0.2, 0.25) is 0 Å². The smallest absolute Gasteiger partial charge is 0.0920 e. The second-order valence-corrected chi connectivity index (χ2v) is 15.4. The van der Waals surface area contributed by atoms with E-state index < -0.39 is 44.3 Å². The summed E-state index contributed by atoms with van der Waals surface area (Å²) in [7, 11) is 10.7. The zero-order chi connectivity index (χ0) is 33.1. The molecule has 0 aliphatic carbocycles. The topological polar surface area (TPSA) is 0 Å². The van der Waals surface area contributed by atoms with Gasteiger partial charge < -0.3 is 0 Å². The predicted molar refractivity (Wildman–Crippen MR) is 173 cm³/mol. The fraction of sp³-hybridized carbons (Fsp3) is 0.0833. The van der Waals surface area contributed by atoms with Gasteiger partial charge in [-0.25, -0.2) is 0 Å². The third-order valence-electron chi connectivity index (χ3n) is 7.41. The fourth-order valence-electron chi connectivity index (χ4n) is 5.40. The molecular weight excluding hydrogens is 737 g/mol. The van der Waals surface area contributed by atoms with Gasteiger partial charge >= 0.3 is 50.2 Å².